The fourth-order valence-corrected chi connectivity index (χ4v) is 8.62. The molecule has 0 aliphatic carbocycles. The number of anilines is 1. The number of hydrogen-bond donors (Lipinski definition) is 2. The molecule has 3 aliphatic rings. The summed E-state index contributed by atoms with van der Waals surface area (Å²) in [5.41, 5.74) is 12.4. The summed E-state index contributed by atoms with van der Waals surface area (Å²) < 4.78 is 39.6. The van der Waals surface area contributed by atoms with Gasteiger partial charge >= 0.3 is 19.2 Å². The van der Waals surface area contributed by atoms with Crippen LogP contribution in [0.1, 0.15) is 98.1 Å². The number of nitrogens with one attached hydrogen (secondary N) is 2. The zero-order chi connectivity index (χ0) is 45.8. The summed E-state index contributed by atoms with van der Waals surface area (Å²) in [7, 11) is 1.14. The van der Waals surface area contributed by atoms with E-state index in [4.69, 9.17) is 33.2 Å². The van der Waals surface area contributed by atoms with Gasteiger partial charge < -0.3 is 42.6 Å². The Hall–Kier alpha value is -4.51. The molecule has 0 radical (unpaired) electrons. The minimum Gasteiger partial charge on any atom is -0.464 e. The molecular formula is C49H69BN6O8. The summed E-state index contributed by atoms with van der Waals surface area (Å²) in [6, 6.07) is 18.1. The second-order valence-electron chi connectivity index (χ2n) is 19.5. The highest BCUT2D eigenvalue weighted by Crippen LogP contribution is 2.43. The lowest BCUT2D eigenvalue weighted by Crippen LogP contribution is -2.50. The third kappa shape index (κ3) is 10.8. The van der Waals surface area contributed by atoms with E-state index < -0.39 is 23.7 Å². The van der Waals surface area contributed by atoms with Gasteiger partial charge in [0.05, 0.1) is 59.9 Å². The predicted octanol–water partition coefficient (Wildman–Crippen LogP) is 6.96. The van der Waals surface area contributed by atoms with Crippen LogP contribution in [0.15, 0.2) is 60.8 Å². The number of carbonyl (C=O) groups excluding carboxylic acids is 2. The van der Waals surface area contributed by atoms with Gasteiger partial charge in [-0.05, 0) is 96.5 Å². The highest BCUT2D eigenvalue weighted by molar-refractivity contribution is 6.62. The molecule has 0 bridgehead atoms. The van der Waals surface area contributed by atoms with Crippen LogP contribution in [0.5, 0.6) is 0 Å². The maximum Gasteiger partial charge on any atom is 0.494 e. The maximum atomic E-state index is 13.3. The van der Waals surface area contributed by atoms with Crippen LogP contribution in [0.4, 0.5) is 10.5 Å². The van der Waals surface area contributed by atoms with Crippen LogP contribution in [0, 0.1) is 5.41 Å². The predicted molar refractivity (Wildman–Crippen MR) is 250 cm³/mol. The molecule has 7 rings (SSSR count). The van der Waals surface area contributed by atoms with E-state index in [-0.39, 0.29) is 43.5 Å². The summed E-state index contributed by atoms with van der Waals surface area (Å²) in [4.78, 5) is 35.7. The lowest BCUT2D eigenvalue weighted by atomic mass is 9.77. The summed E-state index contributed by atoms with van der Waals surface area (Å²) in [6.07, 6.45) is 3.51. The van der Waals surface area contributed by atoms with Crippen LogP contribution in [0.3, 0.4) is 0 Å². The quantitative estimate of drug-likeness (QED) is 0.0890. The second-order valence-corrected chi connectivity index (χ2v) is 19.5. The standard InChI is InChI=1S/C49H69BN6O8/c1-33(2)60-26-25-56-42-19-18-36(50-63-48(6,7)49(8,9)64-50)27-38(42)40(29-47(4,5)32-62-45(57)41-17-14-20-52-53-41)44(56)39-28-37(30-51-43(39)34(3)59-10)54-21-23-55(24-22-54)46(58)61-31-35-15-12-11-13-16-35/h11-13,15-16,18-19,27-28,30,33-34,41,52-53H,14,17,20-26,29,31-32H2,1-10H3/t34-,41-/m0/s1. The van der Waals surface area contributed by atoms with Crippen LogP contribution < -0.4 is 21.2 Å². The number of methoxy groups -OCH3 is 1. The first-order valence-corrected chi connectivity index (χ1v) is 23.0. The van der Waals surface area contributed by atoms with Gasteiger partial charge in [0.25, 0.3) is 0 Å². The number of piperazine rings is 1. The summed E-state index contributed by atoms with van der Waals surface area (Å²) in [5, 5.41) is 1.05. The summed E-state index contributed by atoms with van der Waals surface area (Å²) in [5.74, 6) is -0.255. The molecule has 1 amide bonds. The van der Waals surface area contributed by atoms with Gasteiger partial charge in [0, 0.05) is 68.3 Å². The molecule has 3 saturated heterocycles. The zero-order valence-electron chi connectivity index (χ0n) is 39.6. The number of fused-ring (bicyclic) bond motifs is 1. The lowest BCUT2D eigenvalue weighted by molar-refractivity contribution is -0.150. The molecule has 0 unspecified atom stereocenters. The Morgan fingerprint density at radius 3 is 2.34 bits per heavy atom. The van der Waals surface area contributed by atoms with E-state index >= 15 is 0 Å². The summed E-state index contributed by atoms with van der Waals surface area (Å²) in [6.45, 7) is 23.3. The highest BCUT2D eigenvalue weighted by Gasteiger charge is 2.52. The summed E-state index contributed by atoms with van der Waals surface area (Å²) >= 11 is 0. The van der Waals surface area contributed by atoms with Crippen molar-refractivity contribution in [3.8, 4) is 11.3 Å². The van der Waals surface area contributed by atoms with Gasteiger partial charge in [0.2, 0.25) is 0 Å². The third-order valence-corrected chi connectivity index (χ3v) is 13.1. The lowest BCUT2D eigenvalue weighted by Gasteiger charge is -2.35. The molecule has 346 valence electrons. The van der Waals surface area contributed by atoms with E-state index in [1.807, 2.05) is 57.3 Å². The first kappa shape index (κ1) is 47.5. The Balaban J connectivity index is 1.29. The molecule has 2 aromatic heterocycles. The molecule has 15 heteroatoms. The second kappa shape index (κ2) is 19.9. The largest absolute Gasteiger partial charge is 0.494 e. The van der Waals surface area contributed by atoms with E-state index in [0.717, 1.165) is 69.5 Å². The number of amides is 1. The van der Waals surface area contributed by atoms with Gasteiger partial charge in [0.15, 0.2) is 0 Å². The van der Waals surface area contributed by atoms with Crippen molar-refractivity contribution in [1.29, 1.82) is 0 Å². The average molecular weight is 881 g/mol. The molecule has 64 heavy (non-hydrogen) atoms. The topological polar surface area (TPSA) is 138 Å². The van der Waals surface area contributed by atoms with Crippen molar-refractivity contribution in [2.24, 2.45) is 5.41 Å². The number of pyridine rings is 1. The normalized spacial score (nSPS) is 19.4. The van der Waals surface area contributed by atoms with Gasteiger partial charge in [-0.1, -0.05) is 56.3 Å². The Kier molecular flexibility index (Phi) is 14.8. The smallest absolute Gasteiger partial charge is 0.464 e. The van der Waals surface area contributed by atoms with E-state index in [1.54, 1.807) is 12.0 Å². The Labute approximate surface area is 379 Å². The maximum absolute atomic E-state index is 13.3. The van der Waals surface area contributed by atoms with Crippen molar-refractivity contribution in [2.75, 3.05) is 57.9 Å². The van der Waals surface area contributed by atoms with Crippen molar-refractivity contribution in [1.82, 2.24) is 25.3 Å². The van der Waals surface area contributed by atoms with Gasteiger partial charge in [-0.2, -0.15) is 0 Å². The third-order valence-electron chi connectivity index (χ3n) is 13.1. The number of nitrogens with zero attached hydrogens (tertiary/aromatic N) is 4. The van der Waals surface area contributed by atoms with Crippen molar-refractivity contribution in [3.63, 3.8) is 0 Å². The average Bonchev–Trinajstić information content (AvgIpc) is 3.70. The SMILES string of the molecule is CO[C@@H](C)c1ncc(N2CCN(C(=O)OCc3ccccc3)CC2)cc1-c1c(CC(C)(C)COC(=O)[C@@H]2CCCNN2)c2cc(B3OC(C)(C)C(C)(C)O3)ccc2n1CCOC(C)C. The Morgan fingerprint density at radius 2 is 1.69 bits per heavy atom. The monoisotopic (exact) mass is 881 g/mol. The fourth-order valence-electron chi connectivity index (χ4n) is 8.62. The molecule has 14 nitrogen and oxygen atoms in total. The molecule has 4 aromatic rings. The highest BCUT2D eigenvalue weighted by atomic mass is 16.7. The van der Waals surface area contributed by atoms with Crippen molar-refractivity contribution < 1.29 is 37.8 Å². The molecule has 3 fully saturated rings. The molecule has 2 aromatic carbocycles. The van der Waals surface area contributed by atoms with E-state index in [0.29, 0.717) is 45.8 Å². The molecule has 0 spiro atoms. The van der Waals surface area contributed by atoms with E-state index in [2.05, 4.69) is 86.1 Å². The minimum absolute atomic E-state index is 0.0468. The number of hydrogen-bond acceptors (Lipinski definition) is 12. The first-order valence-electron chi connectivity index (χ1n) is 23.0. The number of ether oxygens (including phenoxy) is 4. The van der Waals surface area contributed by atoms with Gasteiger partial charge in [-0.15, -0.1) is 0 Å². The number of carbonyl (C=O) groups is 2. The Morgan fingerprint density at radius 1 is 0.969 bits per heavy atom. The molecular weight excluding hydrogens is 811 g/mol. The van der Waals surface area contributed by atoms with Crippen LogP contribution in [0.25, 0.3) is 22.2 Å². The minimum atomic E-state index is -0.563. The van der Waals surface area contributed by atoms with Crippen molar-refractivity contribution >= 4 is 41.2 Å². The number of benzene rings is 2. The fraction of sp³-hybridized carbons (Fsp3) is 0.571. The van der Waals surface area contributed by atoms with Crippen LogP contribution >= 0.6 is 0 Å². The van der Waals surface area contributed by atoms with E-state index in [1.165, 1.54) is 0 Å². The van der Waals surface area contributed by atoms with Crippen molar-refractivity contribution in [2.45, 2.75) is 124 Å². The molecule has 3 aliphatic heterocycles. The number of rotatable bonds is 16. The van der Waals surface area contributed by atoms with Crippen LogP contribution in [-0.4, -0.2) is 110 Å². The van der Waals surface area contributed by atoms with Crippen LogP contribution in [0.2, 0.25) is 0 Å². The Bertz CT molecular complexity index is 2220. The number of hydrazine groups is 1. The molecule has 0 saturated carbocycles. The number of esters is 1. The number of aromatic nitrogens is 2. The molecule has 5 heterocycles. The molecule has 2 N–H and O–H groups in total. The molecule has 2 atom stereocenters. The van der Waals surface area contributed by atoms with Gasteiger partial charge in [-0.3, -0.25) is 15.2 Å². The van der Waals surface area contributed by atoms with E-state index in [9.17, 15) is 9.59 Å². The van der Waals surface area contributed by atoms with Crippen LogP contribution in [-0.2, 0) is 52.6 Å². The van der Waals surface area contributed by atoms with Crippen molar-refractivity contribution in [3.05, 3.63) is 77.6 Å². The van der Waals surface area contributed by atoms with Gasteiger partial charge in [0.1, 0.15) is 12.6 Å². The van der Waals surface area contributed by atoms with Gasteiger partial charge in [-0.25, -0.2) is 10.2 Å². The zero-order valence-corrected chi connectivity index (χ0v) is 39.6. The first-order chi connectivity index (χ1) is 30.5.